The van der Waals surface area contributed by atoms with Gasteiger partial charge in [0.25, 0.3) is 5.91 Å². The molecule has 2 heterocycles. The predicted octanol–water partition coefficient (Wildman–Crippen LogP) is 3.78. The van der Waals surface area contributed by atoms with E-state index in [0.29, 0.717) is 11.1 Å². The Hall–Kier alpha value is -2.69. The monoisotopic (exact) mass is 350 g/mol. The summed E-state index contributed by atoms with van der Waals surface area (Å²) < 4.78 is 0. The van der Waals surface area contributed by atoms with Gasteiger partial charge in [-0.25, -0.2) is 0 Å². The van der Waals surface area contributed by atoms with Crippen molar-refractivity contribution in [2.75, 3.05) is 0 Å². The Morgan fingerprint density at radius 1 is 1.08 bits per heavy atom. The number of carboxylic acid groups (broad SMARTS) is 1. The highest BCUT2D eigenvalue weighted by Crippen LogP contribution is 2.45. The third kappa shape index (κ3) is 2.77. The van der Waals surface area contributed by atoms with Crippen molar-refractivity contribution >= 4 is 11.9 Å². The quantitative estimate of drug-likeness (QED) is 0.914. The van der Waals surface area contributed by atoms with E-state index in [4.69, 9.17) is 0 Å². The number of fused-ring (bicyclic) bond motifs is 1. The van der Waals surface area contributed by atoms with Gasteiger partial charge in [0.05, 0.1) is 6.04 Å². The van der Waals surface area contributed by atoms with E-state index in [0.717, 1.165) is 31.2 Å². The lowest BCUT2D eigenvalue weighted by atomic mass is 9.78. The Bertz CT molecular complexity index is 815. The van der Waals surface area contributed by atoms with E-state index < -0.39 is 17.9 Å². The molecule has 2 aromatic rings. The van der Waals surface area contributed by atoms with Gasteiger partial charge in [-0.2, -0.15) is 0 Å². The molecule has 2 unspecified atom stereocenters. The number of carbonyl (C=O) groups is 2. The fourth-order valence-corrected chi connectivity index (χ4v) is 4.48. The highest BCUT2D eigenvalue weighted by Gasteiger charge is 2.46. The number of pyridine rings is 1. The molecule has 134 valence electrons. The van der Waals surface area contributed by atoms with Crippen LogP contribution in [0, 0.1) is 0 Å². The highest BCUT2D eigenvalue weighted by atomic mass is 16.4. The Morgan fingerprint density at radius 3 is 2.54 bits per heavy atom. The molecule has 0 spiro atoms. The van der Waals surface area contributed by atoms with Crippen LogP contribution in [0.5, 0.6) is 0 Å². The molecule has 5 heteroatoms. The van der Waals surface area contributed by atoms with Crippen LogP contribution in [-0.2, 0) is 4.79 Å². The fraction of sp³-hybridized carbons (Fsp3) is 0.381. The number of rotatable bonds is 3. The van der Waals surface area contributed by atoms with E-state index in [1.807, 2.05) is 11.0 Å². The molecule has 0 saturated heterocycles. The lowest BCUT2D eigenvalue weighted by Gasteiger charge is -2.46. The molecule has 5 nitrogen and oxygen atoms in total. The average molecular weight is 350 g/mol. The maximum absolute atomic E-state index is 13.4. The Morgan fingerprint density at radius 2 is 1.85 bits per heavy atom. The van der Waals surface area contributed by atoms with Crippen molar-refractivity contribution in [3.05, 3.63) is 65.5 Å². The van der Waals surface area contributed by atoms with Gasteiger partial charge >= 0.3 is 5.97 Å². The van der Waals surface area contributed by atoms with Crippen LogP contribution in [-0.4, -0.2) is 32.9 Å². The zero-order chi connectivity index (χ0) is 18.1. The second-order valence-electron chi connectivity index (χ2n) is 7.14. The van der Waals surface area contributed by atoms with E-state index in [9.17, 15) is 14.7 Å². The van der Waals surface area contributed by atoms with Gasteiger partial charge in [0.15, 0.2) is 0 Å². The molecule has 1 aromatic carbocycles. The summed E-state index contributed by atoms with van der Waals surface area (Å²) in [5, 5.41) is 10.1. The third-order valence-corrected chi connectivity index (χ3v) is 5.64. The number of benzene rings is 1. The van der Waals surface area contributed by atoms with Crippen LogP contribution in [0.15, 0.2) is 48.8 Å². The molecule has 2 aliphatic rings. The van der Waals surface area contributed by atoms with Gasteiger partial charge in [-0.15, -0.1) is 0 Å². The lowest BCUT2D eigenvalue weighted by Crippen LogP contribution is -2.50. The van der Waals surface area contributed by atoms with Crippen molar-refractivity contribution in [2.24, 2.45) is 0 Å². The maximum Gasteiger partial charge on any atom is 0.313 e. The zero-order valence-corrected chi connectivity index (χ0v) is 14.5. The summed E-state index contributed by atoms with van der Waals surface area (Å²) in [4.78, 5) is 31.7. The first-order valence-electron chi connectivity index (χ1n) is 9.23. The van der Waals surface area contributed by atoms with Gasteiger partial charge in [0, 0.05) is 24.0 Å². The summed E-state index contributed by atoms with van der Waals surface area (Å²) in [6.45, 7) is 0. The summed E-state index contributed by atoms with van der Waals surface area (Å²) >= 11 is 0. The second-order valence-corrected chi connectivity index (χ2v) is 7.14. The van der Waals surface area contributed by atoms with Crippen molar-refractivity contribution in [1.82, 2.24) is 9.88 Å². The number of aromatic nitrogens is 1. The highest BCUT2D eigenvalue weighted by molar-refractivity contribution is 6.00. The van der Waals surface area contributed by atoms with Crippen LogP contribution in [0.3, 0.4) is 0 Å². The van der Waals surface area contributed by atoms with E-state index in [2.05, 4.69) is 4.98 Å². The van der Waals surface area contributed by atoms with Crippen LogP contribution < -0.4 is 0 Å². The molecule has 4 rings (SSSR count). The number of carbonyl (C=O) groups excluding carboxylic acids is 1. The van der Waals surface area contributed by atoms with Gasteiger partial charge in [-0.3, -0.25) is 14.6 Å². The molecule has 1 aliphatic carbocycles. The summed E-state index contributed by atoms with van der Waals surface area (Å²) in [7, 11) is 0. The minimum atomic E-state index is -0.903. The molecular formula is C21H22N2O3. The molecule has 2 atom stereocenters. The zero-order valence-electron chi connectivity index (χ0n) is 14.5. The van der Waals surface area contributed by atoms with Crippen LogP contribution in [0.1, 0.15) is 65.5 Å². The van der Waals surface area contributed by atoms with E-state index in [1.54, 1.807) is 42.7 Å². The van der Waals surface area contributed by atoms with Crippen molar-refractivity contribution in [3.8, 4) is 0 Å². The first-order chi connectivity index (χ1) is 12.7. The molecule has 1 aromatic heterocycles. The normalized spacial score (nSPS) is 23.5. The van der Waals surface area contributed by atoms with Crippen molar-refractivity contribution in [1.29, 1.82) is 0 Å². The summed E-state index contributed by atoms with van der Waals surface area (Å²) in [5.74, 6) is -1.74. The van der Waals surface area contributed by atoms with Crippen LogP contribution in [0.4, 0.5) is 0 Å². The molecule has 1 saturated carbocycles. The number of carboxylic acids is 1. The molecule has 1 aliphatic heterocycles. The molecular weight excluding hydrogens is 328 g/mol. The topological polar surface area (TPSA) is 70.5 Å². The van der Waals surface area contributed by atoms with E-state index >= 15 is 0 Å². The minimum absolute atomic E-state index is 0.0566. The average Bonchev–Trinajstić information content (AvgIpc) is 2.69. The van der Waals surface area contributed by atoms with Crippen LogP contribution in [0.2, 0.25) is 0 Å². The number of hydrogen-bond donors (Lipinski definition) is 1. The van der Waals surface area contributed by atoms with Crippen molar-refractivity contribution in [3.63, 3.8) is 0 Å². The fourth-order valence-electron chi connectivity index (χ4n) is 4.48. The van der Waals surface area contributed by atoms with Crippen LogP contribution >= 0.6 is 0 Å². The number of nitrogens with zero attached hydrogens (tertiary/aromatic N) is 2. The molecule has 0 bridgehead atoms. The largest absolute Gasteiger partial charge is 0.481 e. The molecule has 26 heavy (non-hydrogen) atoms. The summed E-state index contributed by atoms with van der Waals surface area (Å²) in [6, 6.07) is 10.4. The van der Waals surface area contributed by atoms with Crippen molar-refractivity contribution < 1.29 is 14.7 Å². The molecule has 1 amide bonds. The Kier molecular flexibility index (Phi) is 4.45. The second kappa shape index (κ2) is 6.90. The smallest absolute Gasteiger partial charge is 0.313 e. The number of aliphatic carboxylic acids is 1. The molecule has 0 radical (unpaired) electrons. The Balaban J connectivity index is 1.89. The summed E-state index contributed by atoms with van der Waals surface area (Å²) in [6.07, 6.45) is 8.55. The number of amides is 1. The maximum atomic E-state index is 13.4. The molecule has 1 N–H and O–H groups in total. The van der Waals surface area contributed by atoms with Gasteiger partial charge in [0.2, 0.25) is 0 Å². The minimum Gasteiger partial charge on any atom is -0.481 e. The SMILES string of the molecule is O=C(O)C1c2ccccc2C(=O)N(C2CCCCC2)C1c1cccnc1. The van der Waals surface area contributed by atoms with E-state index in [-0.39, 0.29) is 11.9 Å². The first kappa shape index (κ1) is 16.8. The standard InChI is InChI=1S/C21H22N2O3/c24-20-17-11-5-4-10-16(17)18(21(25)26)19(14-7-6-12-22-13-14)23(20)15-8-2-1-3-9-15/h4-7,10-13,15,18-19H,1-3,8-9H2,(H,25,26). The Labute approximate surface area is 152 Å². The lowest BCUT2D eigenvalue weighted by molar-refractivity contribution is -0.141. The third-order valence-electron chi connectivity index (χ3n) is 5.64. The first-order valence-corrected chi connectivity index (χ1v) is 9.23. The van der Waals surface area contributed by atoms with Crippen LogP contribution in [0.25, 0.3) is 0 Å². The van der Waals surface area contributed by atoms with Gasteiger partial charge in [-0.05, 0) is 36.1 Å². The van der Waals surface area contributed by atoms with E-state index in [1.165, 1.54) is 6.42 Å². The van der Waals surface area contributed by atoms with Crippen molar-refractivity contribution in [2.45, 2.75) is 50.1 Å². The number of hydrogen-bond acceptors (Lipinski definition) is 3. The summed E-state index contributed by atoms with van der Waals surface area (Å²) in [5.41, 5.74) is 1.91. The van der Waals surface area contributed by atoms with Gasteiger partial charge in [0.1, 0.15) is 5.92 Å². The van der Waals surface area contributed by atoms with Gasteiger partial charge < -0.3 is 10.0 Å². The molecule has 1 fully saturated rings. The van der Waals surface area contributed by atoms with Gasteiger partial charge in [-0.1, -0.05) is 43.5 Å². The predicted molar refractivity (Wildman–Crippen MR) is 96.8 cm³/mol.